The number of carbonyl (C=O) groups excluding carboxylic acids is 1. The van der Waals surface area contributed by atoms with E-state index in [0.29, 0.717) is 33.7 Å². The van der Waals surface area contributed by atoms with Crippen molar-refractivity contribution >= 4 is 63.7 Å². The van der Waals surface area contributed by atoms with Gasteiger partial charge in [-0.15, -0.1) is 0 Å². The number of benzene rings is 2. The number of rotatable bonds is 6. The number of ether oxygens (including phenoxy) is 3. The summed E-state index contributed by atoms with van der Waals surface area (Å²) in [4.78, 5) is 16.6. The molecule has 0 saturated carbocycles. The Hall–Kier alpha value is -2.03. The van der Waals surface area contributed by atoms with E-state index < -0.39 is 5.97 Å². The van der Waals surface area contributed by atoms with E-state index in [1.54, 1.807) is 37.5 Å². The summed E-state index contributed by atoms with van der Waals surface area (Å²) in [7, 11) is 1.56. The van der Waals surface area contributed by atoms with Gasteiger partial charge in [-0.2, -0.15) is 0 Å². The molecule has 0 aliphatic carbocycles. The zero-order valence-electron chi connectivity index (χ0n) is 15.6. The van der Waals surface area contributed by atoms with Gasteiger partial charge in [-0.25, -0.2) is 9.79 Å². The normalized spacial score (nSPS) is 14.6. The molecule has 1 aliphatic heterocycles. The lowest BCUT2D eigenvalue weighted by Crippen LogP contribution is -2.05. The Labute approximate surface area is 192 Å². The lowest BCUT2D eigenvalue weighted by molar-refractivity contribution is -0.129. The number of nitrogens with zero attached hydrogens (tertiary/aromatic N) is 1. The predicted molar refractivity (Wildman–Crippen MR) is 123 cm³/mol. The molecule has 0 aromatic heterocycles. The maximum atomic E-state index is 12.3. The molecule has 0 N–H and O–H groups in total. The molecule has 150 valence electrons. The largest absolute Gasteiger partial charge is 0.493 e. The summed E-state index contributed by atoms with van der Waals surface area (Å²) in [5.74, 6) is 0.780. The number of methoxy groups -OCH3 is 1. The van der Waals surface area contributed by atoms with Crippen LogP contribution in [0.15, 0.2) is 53.2 Å². The SMILES string of the molecule is C=C(C)COc1c(I)cc(/C=C2\N=C(c3ccc(Cl)c(Cl)c3)OC2=O)cc1OC. The minimum Gasteiger partial charge on any atom is -0.493 e. The number of cyclic esters (lactones) is 1. The average molecular weight is 544 g/mol. The maximum absolute atomic E-state index is 12.3. The fraction of sp³-hybridized carbons (Fsp3) is 0.143. The fourth-order valence-electron chi connectivity index (χ4n) is 2.48. The Balaban J connectivity index is 1.93. The van der Waals surface area contributed by atoms with Crippen LogP contribution in [0.4, 0.5) is 0 Å². The molecule has 0 atom stereocenters. The lowest BCUT2D eigenvalue weighted by Gasteiger charge is -2.13. The molecule has 5 nitrogen and oxygen atoms in total. The van der Waals surface area contributed by atoms with E-state index in [1.807, 2.05) is 13.0 Å². The van der Waals surface area contributed by atoms with Crippen molar-refractivity contribution in [1.29, 1.82) is 0 Å². The Morgan fingerprint density at radius 3 is 2.69 bits per heavy atom. The molecule has 0 bridgehead atoms. The highest BCUT2D eigenvalue weighted by Gasteiger charge is 2.25. The molecule has 1 aliphatic rings. The second-order valence-corrected chi connectivity index (χ2v) is 8.22. The molecule has 0 unspecified atom stereocenters. The van der Waals surface area contributed by atoms with Crippen LogP contribution in [0.1, 0.15) is 18.1 Å². The van der Waals surface area contributed by atoms with Crippen LogP contribution in [0.25, 0.3) is 6.08 Å². The zero-order chi connectivity index (χ0) is 21.1. The molecule has 0 fully saturated rings. The Bertz CT molecular complexity index is 1060. The van der Waals surface area contributed by atoms with Crippen LogP contribution >= 0.6 is 45.8 Å². The van der Waals surface area contributed by atoms with Crippen LogP contribution in [-0.4, -0.2) is 25.6 Å². The van der Waals surface area contributed by atoms with E-state index in [0.717, 1.165) is 14.7 Å². The van der Waals surface area contributed by atoms with E-state index in [1.165, 1.54) is 0 Å². The van der Waals surface area contributed by atoms with Crippen LogP contribution in [0.5, 0.6) is 11.5 Å². The number of carbonyl (C=O) groups is 1. The van der Waals surface area contributed by atoms with Crippen LogP contribution < -0.4 is 9.47 Å². The number of esters is 1. The molecule has 2 aromatic carbocycles. The second-order valence-electron chi connectivity index (χ2n) is 6.24. The van der Waals surface area contributed by atoms with E-state index in [2.05, 4.69) is 34.2 Å². The molecule has 0 amide bonds. The molecule has 2 aromatic rings. The van der Waals surface area contributed by atoms with Crippen LogP contribution in [0, 0.1) is 3.57 Å². The van der Waals surface area contributed by atoms with E-state index in [9.17, 15) is 4.79 Å². The van der Waals surface area contributed by atoms with Crippen molar-refractivity contribution < 1.29 is 19.0 Å². The van der Waals surface area contributed by atoms with Crippen molar-refractivity contribution in [2.45, 2.75) is 6.92 Å². The first-order chi connectivity index (χ1) is 13.8. The Morgan fingerprint density at radius 2 is 2.03 bits per heavy atom. The highest BCUT2D eigenvalue weighted by atomic mass is 127. The van der Waals surface area contributed by atoms with Gasteiger partial charge in [0.2, 0.25) is 5.90 Å². The monoisotopic (exact) mass is 543 g/mol. The quantitative estimate of drug-likeness (QED) is 0.197. The molecule has 0 radical (unpaired) electrons. The first-order valence-corrected chi connectivity index (χ1v) is 10.2. The maximum Gasteiger partial charge on any atom is 0.363 e. The Morgan fingerprint density at radius 1 is 1.28 bits per heavy atom. The highest BCUT2D eigenvalue weighted by Crippen LogP contribution is 2.35. The highest BCUT2D eigenvalue weighted by molar-refractivity contribution is 14.1. The van der Waals surface area contributed by atoms with E-state index in [4.69, 9.17) is 37.4 Å². The standard InChI is InChI=1S/C21H16Cl2INO4/c1-11(2)10-28-19-16(24)6-12(8-18(19)27-3)7-17-21(26)29-20(25-17)13-4-5-14(22)15(23)9-13/h4-9H,1,10H2,2-3H3/b17-7-. The summed E-state index contributed by atoms with van der Waals surface area (Å²) < 4.78 is 17.3. The number of hydrogen-bond donors (Lipinski definition) is 0. The van der Waals surface area contributed by atoms with Gasteiger partial charge < -0.3 is 14.2 Å². The average Bonchev–Trinajstić information content (AvgIpc) is 3.03. The van der Waals surface area contributed by atoms with Crippen molar-refractivity contribution in [2.75, 3.05) is 13.7 Å². The zero-order valence-corrected chi connectivity index (χ0v) is 19.3. The fourth-order valence-corrected chi connectivity index (χ4v) is 3.56. The van der Waals surface area contributed by atoms with Gasteiger partial charge in [0.05, 0.1) is 20.7 Å². The van der Waals surface area contributed by atoms with Gasteiger partial charge in [-0.3, -0.25) is 0 Å². The molecule has 29 heavy (non-hydrogen) atoms. The first kappa shape index (κ1) is 21.7. The molecule has 1 heterocycles. The van der Waals surface area contributed by atoms with Crippen molar-refractivity contribution in [2.24, 2.45) is 4.99 Å². The van der Waals surface area contributed by atoms with Crippen molar-refractivity contribution in [3.8, 4) is 11.5 Å². The summed E-state index contributed by atoms with van der Waals surface area (Å²) >= 11 is 14.1. The summed E-state index contributed by atoms with van der Waals surface area (Å²) in [5.41, 5.74) is 2.35. The molecule has 8 heteroatoms. The smallest absolute Gasteiger partial charge is 0.363 e. The van der Waals surface area contributed by atoms with Crippen LogP contribution in [0.3, 0.4) is 0 Å². The van der Waals surface area contributed by atoms with Crippen molar-refractivity contribution in [3.63, 3.8) is 0 Å². The minimum absolute atomic E-state index is 0.166. The third-order valence-electron chi connectivity index (χ3n) is 3.81. The van der Waals surface area contributed by atoms with E-state index >= 15 is 0 Å². The van der Waals surface area contributed by atoms with Gasteiger partial charge in [-0.05, 0) is 77.1 Å². The third-order valence-corrected chi connectivity index (χ3v) is 5.35. The Kier molecular flexibility index (Phi) is 6.87. The molecular weight excluding hydrogens is 528 g/mol. The lowest BCUT2D eigenvalue weighted by atomic mass is 10.1. The van der Waals surface area contributed by atoms with Gasteiger partial charge in [0.15, 0.2) is 17.2 Å². The number of aliphatic imine (C=N–C) groups is 1. The van der Waals surface area contributed by atoms with Gasteiger partial charge >= 0.3 is 5.97 Å². The van der Waals surface area contributed by atoms with Gasteiger partial charge in [0, 0.05) is 5.56 Å². The molecule has 3 rings (SSSR count). The van der Waals surface area contributed by atoms with E-state index in [-0.39, 0.29) is 11.6 Å². The number of halogens is 3. The topological polar surface area (TPSA) is 57.1 Å². The predicted octanol–water partition coefficient (Wildman–Crippen LogP) is 5.91. The van der Waals surface area contributed by atoms with Crippen molar-refractivity contribution in [1.82, 2.24) is 0 Å². The van der Waals surface area contributed by atoms with Gasteiger partial charge in [0.25, 0.3) is 0 Å². The summed E-state index contributed by atoms with van der Waals surface area (Å²) in [6.45, 7) is 6.10. The summed E-state index contributed by atoms with van der Waals surface area (Å²) in [5, 5.41) is 0.761. The summed E-state index contributed by atoms with van der Waals surface area (Å²) in [6, 6.07) is 8.53. The molecule has 0 spiro atoms. The van der Waals surface area contributed by atoms with Crippen LogP contribution in [0.2, 0.25) is 10.0 Å². The third kappa shape index (κ3) is 5.12. The second kappa shape index (κ2) is 9.19. The van der Waals surface area contributed by atoms with Crippen LogP contribution in [-0.2, 0) is 9.53 Å². The minimum atomic E-state index is -0.553. The summed E-state index contributed by atoms with van der Waals surface area (Å²) in [6.07, 6.45) is 1.63. The molecule has 0 saturated heterocycles. The van der Waals surface area contributed by atoms with Gasteiger partial charge in [0.1, 0.15) is 6.61 Å². The molecular formula is C21H16Cl2INO4. The first-order valence-electron chi connectivity index (χ1n) is 8.41. The van der Waals surface area contributed by atoms with Gasteiger partial charge in [-0.1, -0.05) is 29.8 Å². The van der Waals surface area contributed by atoms with Crippen molar-refractivity contribution in [3.05, 3.63) is 72.9 Å². The number of hydrogen-bond acceptors (Lipinski definition) is 5.